The van der Waals surface area contributed by atoms with E-state index in [0.717, 1.165) is 24.1 Å². The van der Waals surface area contributed by atoms with Gasteiger partial charge in [0.15, 0.2) is 0 Å². The van der Waals surface area contributed by atoms with Crippen LogP contribution >= 0.6 is 0 Å². The molecule has 0 radical (unpaired) electrons. The van der Waals surface area contributed by atoms with Gasteiger partial charge in [0, 0.05) is 33.1 Å². The SMILES string of the molecule is CCC(C)N(C)c1nc(C(C)C)nc(N(C)C)n1. The number of hydrogen-bond acceptors (Lipinski definition) is 5. The van der Waals surface area contributed by atoms with Crippen molar-refractivity contribution in [2.75, 3.05) is 30.9 Å². The van der Waals surface area contributed by atoms with Crippen LogP contribution in [0.2, 0.25) is 0 Å². The Morgan fingerprint density at radius 1 is 0.944 bits per heavy atom. The van der Waals surface area contributed by atoms with E-state index in [4.69, 9.17) is 0 Å². The molecule has 0 aliphatic heterocycles. The second kappa shape index (κ2) is 5.98. The van der Waals surface area contributed by atoms with Crippen LogP contribution in [-0.4, -0.2) is 42.1 Å². The van der Waals surface area contributed by atoms with Crippen molar-refractivity contribution in [3.8, 4) is 0 Å². The number of anilines is 2. The molecule has 0 amide bonds. The first-order valence-corrected chi connectivity index (χ1v) is 6.52. The monoisotopic (exact) mass is 251 g/mol. The van der Waals surface area contributed by atoms with Gasteiger partial charge in [-0.1, -0.05) is 20.8 Å². The molecular formula is C13H25N5. The fraction of sp³-hybridized carbons (Fsp3) is 0.769. The molecule has 0 aliphatic rings. The summed E-state index contributed by atoms with van der Waals surface area (Å²) in [5, 5.41) is 0. The summed E-state index contributed by atoms with van der Waals surface area (Å²) in [6, 6.07) is 0.419. The van der Waals surface area contributed by atoms with E-state index >= 15 is 0 Å². The Labute approximate surface area is 110 Å². The number of rotatable bonds is 5. The van der Waals surface area contributed by atoms with Crippen LogP contribution in [0.25, 0.3) is 0 Å². The summed E-state index contributed by atoms with van der Waals surface area (Å²) in [4.78, 5) is 17.6. The van der Waals surface area contributed by atoms with Gasteiger partial charge in [0.2, 0.25) is 11.9 Å². The van der Waals surface area contributed by atoms with Gasteiger partial charge in [-0.25, -0.2) is 0 Å². The van der Waals surface area contributed by atoms with Gasteiger partial charge in [-0.15, -0.1) is 0 Å². The van der Waals surface area contributed by atoms with E-state index < -0.39 is 0 Å². The molecule has 0 fully saturated rings. The summed E-state index contributed by atoms with van der Waals surface area (Å²) >= 11 is 0. The molecule has 1 unspecified atom stereocenters. The van der Waals surface area contributed by atoms with Gasteiger partial charge in [0.1, 0.15) is 5.82 Å². The zero-order chi connectivity index (χ0) is 13.9. The van der Waals surface area contributed by atoms with E-state index in [2.05, 4.69) is 47.5 Å². The van der Waals surface area contributed by atoms with Crippen molar-refractivity contribution < 1.29 is 0 Å². The fourth-order valence-electron chi connectivity index (χ4n) is 1.46. The highest BCUT2D eigenvalue weighted by molar-refractivity contribution is 5.38. The average Bonchev–Trinajstić information content (AvgIpc) is 2.36. The first-order valence-electron chi connectivity index (χ1n) is 6.52. The van der Waals surface area contributed by atoms with Crippen LogP contribution in [0.1, 0.15) is 45.9 Å². The fourth-order valence-corrected chi connectivity index (χ4v) is 1.46. The lowest BCUT2D eigenvalue weighted by molar-refractivity contribution is 0.637. The predicted molar refractivity (Wildman–Crippen MR) is 76.4 cm³/mol. The zero-order valence-corrected chi connectivity index (χ0v) is 12.6. The zero-order valence-electron chi connectivity index (χ0n) is 12.6. The van der Waals surface area contributed by atoms with Crippen LogP contribution in [-0.2, 0) is 0 Å². The van der Waals surface area contributed by atoms with Gasteiger partial charge >= 0.3 is 0 Å². The summed E-state index contributed by atoms with van der Waals surface area (Å²) < 4.78 is 0. The van der Waals surface area contributed by atoms with Gasteiger partial charge in [-0.2, -0.15) is 15.0 Å². The predicted octanol–water partition coefficient (Wildman–Crippen LogP) is 2.30. The van der Waals surface area contributed by atoms with Crippen LogP contribution < -0.4 is 9.80 Å². The normalized spacial score (nSPS) is 12.7. The van der Waals surface area contributed by atoms with Crippen molar-refractivity contribution in [3.63, 3.8) is 0 Å². The Morgan fingerprint density at radius 2 is 1.50 bits per heavy atom. The van der Waals surface area contributed by atoms with Crippen LogP contribution in [0.3, 0.4) is 0 Å². The molecule has 1 aromatic heterocycles. The maximum absolute atomic E-state index is 4.56. The molecule has 0 aromatic carbocycles. The molecule has 102 valence electrons. The Hall–Kier alpha value is -1.39. The molecule has 5 nitrogen and oxygen atoms in total. The summed E-state index contributed by atoms with van der Waals surface area (Å²) in [7, 11) is 5.94. The Balaban J connectivity index is 3.18. The molecule has 1 heterocycles. The molecule has 0 N–H and O–H groups in total. The summed E-state index contributed by atoms with van der Waals surface area (Å²) in [5.74, 6) is 2.63. The lowest BCUT2D eigenvalue weighted by Gasteiger charge is -2.25. The van der Waals surface area contributed by atoms with E-state index in [1.807, 2.05) is 26.0 Å². The molecule has 1 atom stereocenters. The van der Waals surface area contributed by atoms with Crippen LogP contribution in [0.4, 0.5) is 11.9 Å². The van der Waals surface area contributed by atoms with E-state index in [0.29, 0.717) is 12.0 Å². The van der Waals surface area contributed by atoms with E-state index in [-0.39, 0.29) is 0 Å². The average molecular weight is 251 g/mol. The van der Waals surface area contributed by atoms with E-state index in [1.54, 1.807) is 0 Å². The van der Waals surface area contributed by atoms with Gasteiger partial charge in [-0.3, -0.25) is 0 Å². The topological polar surface area (TPSA) is 45.2 Å². The number of hydrogen-bond donors (Lipinski definition) is 0. The summed E-state index contributed by atoms with van der Waals surface area (Å²) in [6.07, 6.45) is 1.07. The molecule has 0 aliphatic carbocycles. The Bertz CT molecular complexity index is 363. The minimum atomic E-state index is 0.302. The minimum Gasteiger partial charge on any atom is -0.347 e. The molecular weight excluding hydrogens is 226 g/mol. The highest BCUT2D eigenvalue weighted by Crippen LogP contribution is 2.18. The quantitative estimate of drug-likeness (QED) is 0.803. The van der Waals surface area contributed by atoms with Crippen molar-refractivity contribution in [1.29, 1.82) is 0 Å². The van der Waals surface area contributed by atoms with Gasteiger partial charge < -0.3 is 9.80 Å². The molecule has 1 aromatic rings. The molecule has 0 spiro atoms. The summed E-state index contributed by atoms with van der Waals surface area (Å²) in [6.45, 7) is 8.54. The first kappa shape index (κ1) is 14.7. The van der Waals surface area contributed by atoms with Crippen molar-refractivity contribution in [1.82, 2.24) is 15.0 Å². The number of aromatic nitrogens is 3. The van der Waals surface area contributed by atoms with Gasteiger partial charge in [-0.05, 0) is 13.3 Å². The molecule has 0 bridgehead atoms. The maximum Gasteiger partial charge on any atom is 0.230 e. The van der Waals surface area contributed by atoms with Crippen LogP contribution in [0.5, 0.6) is 0 Å². The highest BCUT2D eigenvalue weighted by atomic mass is 15.3. The third kappa shape index (κ3) is 3.31. The second-order valence-electron chi connectivity index (χ2n) is 5.21. The molecule has 0 saturated heterocycles. The van der Waals surface area contributed by atoms with Crippen molar-refractivity contribution in [3.05, 3.63) is 5.82 Å². The molecule has 5 heteroatoms. The summed E-state index contributed by atoms with van der Waals surface area (Å²) in [5.41, 5.74) is 0. The van der Waals surface area contributed by atoms with E-state index in [9.17, 15) is 0 Å². The second-order valence-corrected chi connectivity index (χ2v) is 5.21. The standard InChI is InChI=1S/C13H25N5/c1-8-10(4)18(7)13-15-11(9(2)3)14-12(16-13)17(5)6/h9-10H,8H2,1-7H3. The maximum atomic E-state index is 4.56. The van der Waals surface area contributed by atoms with Crippen LogP contribution in [0, 0.1) is 0 Å². The van der Waals surface area contributed by atoms with Crippen molar-refractivity contribution >= 4 is 11.9 Å². The Kier molecular flexibility index (Phi) is 4.87. The minimum absolute atomic E-state index is 0.302. The lowest BCUT2D eigenvalue weighted by Crippen LogP contribution is -2.31. The smallest absolute Gasteiger partial charge is 0.230 e. The molecule has 18 heavy (non-hydrogen) atoms. The Morgan fingerprint density at radius 3 is 1.94 bits per heavy atom. The van der Waals surface area contributed by atoms with Crippen LogP contribution in [0.15, 0.2) is 0 Å². The van der Waals surface area contributed by atoms with Gasteiger partial charge in [0.05, 0.1) is 0 Å². The van der Waals surface area contributed by atoms with Gasteiger partial charge in [0.25, 0.3) is 0 Å². The largest absolute Gasteiger partial charge is 0.347 e. The number of nitrogens with zero attached hydrogens (tertiary/aromatic N) is 5. The third-order valence-electron chi connectivity index (χ3n) is 3.11. The van der Waals surface area contributed by atoms with Crippen molar-refractivity contribution in [2.24, 2.45) is 0 Å². The molecule has 0 saturated carbocycles. The molecule has 1 rings (SSSR count). The third-order valence-corrected chi connectivity index (χ3v) is 3.11. The highest BCUT2D eigenvalue weighted by Gasteiger charge is 2.16. The first-order chi connectivity index (χ1) is 8.36. The lowest BCUT2D eigenvalue weighted by atomic mass is 10.2. The van der Waals surface area contributed by atoms with E-state index in [1.165, 1.54) is 0 Å². The van der Waals surface area contributed by atoms with Crippen molar-refractivity contribution in [2.45, 2.75) is 46.1 Å².